The Balaban J connectivity index is 2.49. The third-order valence-electron chi connectivity index (χ3n) is 1.60. The fourth-order valence-electron chi connectivity index (χ4n) is 1.03. The number of hydrogen-bond acceptors (Lipinski definition) is 4. The van der Waals surface area contributed by atoms with Crippen LogP contribution in [-0.4, -0.2) is 35.8 Å². The molecule has 1 amide bonds. The molecule has 0 spiro atoms. The molecule has 0 bridgehead atoms. The topological polar surface area (TPSA) is 45.2 Å². The van der Waals surface area contributed by atoms with Crippen LogP contribution in [0.3, 0.4) is 0 Å². The molecule has 1 aromatic heterocycles. The summed E-state index contributed by atoms with van der Waals surface area (Å²) >= 11 is 6.89. The molecule has 0 unspecified atom stereocenters. The van der Waals surface area contributed by atoms with Gasteiger partial charge in [0.05, 0.1) is 5.69 Å². The van der Waals surface area contributed by atoms with Gasteiger partial charge in [-0.05, 0) is 14.1 Å². The molecule has 0 aliphatic heterocycles. The predicted molar refractivity (Wildman–Crippen MR) is 63.5 cm³/mol. The minimum atomic E-state index is -0.0873. The molecular weight excluding hydrogens is 234 g/mol. The Bertz CT molecular complexity index is 327. The summed E-state index contributed by atoms with van der Waals surface area (Å²) < 4.78 is 0. The number of alkyl halides is 1. The second-order valence-electron chi connectivity index (χ2n) is 3.37. The van der Waals surface area contributed by atoms with Gasteiger partial charge in [0, 0.05) is 24.2 Å². The summed E-state index contributed by atoms with van der Waals surface area (Å²) in [5.74, 6) is 0.248. The van der Waals surface area contributed by atoms with Crippen LogP contribution in [0, 0.1) is 0 Å². The lowest BCUT2D eigenvalue weighted by Crippen LogP contribution is -2.13. The molecular formula is C9H14ClN3OS. The lowest BCUT2D eigenvalue weighted by molar-refractivity contribution is -0.115. The van der Waals surface area contributed by atoms with E-state index < -0.39 is 0 Å². The van der Waals surface area contributed by atoms with E-state index >= 15 is 0 Å². The van der Waals surface area contributed by atoms with E-state index in [0.29, 0.717) is 17.4 Å². The number of carbonyl (C=O) groups excluding carboxylic acids is 1. The Morgan fingerprint density at radius 2 is 2.40 bits per heavy atom. The van der Waals surface area contributed by atoms with Crippen molar-refractivity contribution in [2.24, 2.45) is 0 Å². The minimum absolute atomic E-state index is 0.0873. The maximum atomic E-state index is 11.2. The number of halogens is 1. The van der Waals surface area contributed by atoms with Crippen molar-refractivity contribution in [3.8, 4) is 0 Å². The second kappa shape index (κ2) is 6.05. The molecule has 0 aromatic carbocycles. The van der Waals surface area contributed by atoms with Crippen molar-refractivity contribution in [1.29, 1.82) is 0 Å². The molecule has 6 heteroatoms. The first-order chi connectivity index (χ1) is 7.11. The molecule has 0 aliphatic rings. The Morgan fingerprint density at radius 3 is 3.00 bits per heavy atom. The number of amides is 1. The first-order valence-corrected chi connectivity index (χ1v) is 5.98. The molecule has 0 saturated carbocycles. The lowest BCUT2D eigenvalue weighted by atomic mass is 10.4. The van der Waals surface area contributed by atoms with Crippen molar-refractivity contribution in [2.45, 2.75) is 13.0 Å². The summed E-state index contributed by atoms with van der Waals surface area (Å²) in [5.41, 5.74) is 0.964. The second-order valence-corrected chi connectivity index (χ2v) is 4.61. The number of anilines is 1. The van der Waals surface area contributed by atoms with Gasteiger partial charge in [0.2, 0.25) is 5.91 Å². The molecule has 0 atom stereocenters. The van der Waals surface area contributed by atoms with E-state index in [1.54, 1.807) is 0 Å². The lowest BCUT2D eigenvalue weighted by Gasteiger charge is -2.05. The van der Waals surface area contributed by atoms with Crippen LogP contribution in [0.2, 0.25) is 0 Å². The van der Waals surface area contributed by atoms with Crippen LogP contribution in [0.4, 0.5) is 5.13 Å². The highest BCUT2D eigenvalue weighted by molar-refractivity contribution is 7.13. The molecule has 0 aliphatic carbocycles. The summed E-state index contributed by atoms with van der Waals surface area (Å²) in [5, 5.41) is 5.28. The van der Waals surface area contributed by atoms with Gasteiger partial charge in [-0.15, -0.1) is 22.9 Å². The van der Waals surface area contributed by atoms with Gasteiger partial charge in [-0.25, -0.2) is 4.98 Å². The van der Waals surface area contributed by atoms with E-state index in [1.807, 2.05) is 24.4 Å². The normalized spacial score (nSPS) is 10.7. The molecule has 1 N–H and O–H groups in total. The molecule has 0 radical (unpaired) electrons. The van der Waals surface area contributed by atoms with E-state index in [9.17, 15) is 4.79 Å². The van der Waals surface area contributed by atoms with Gasteiger partial charge < -0.3 is 10.2 Å². The first kappa shape index (κ1) is 12.4. The molecule has 4 nitrogen and oxygen atoms in total. The summed E-state index contributed by atoms with van der Waals surface area (Å²) in [6.45, 7) is 0.780. The van der Waals surface area contributed by atoms with Crippen molar-refractivity contribution >= 4 is 34.0 Å². The van der Waals surface area contributed by atoms with Crippen LogP contribution in [0.15, 0.2) is 5.38 Å². The SMILES string of the molecule is CN(C)Cc1csc(NC(=O)CCCl)n1. The number of thiazole rings is 1. The first-order valence-electron chi connectivity index (χ1n) is 4.56. The van der Waals surface area contributed by atoms with E-state index in [2.05, 4.69) is 10.3 Å². The molecule has 1 aromatic rings. The van der Waals surface area contributed by atoms with E-state index in [-0.39, 0.29) is 5.91 Å². The van der Waals surface area contributed by atoms with Crippen LogP contribution in [0.1, 0.15) is 12.1 Å². The number of hydrogen-bond donors (Lipinski definition) is 1. The number of carbonyl (C=O) groups is 1. The van der Waals surface area contributed by atoms with Crippen molar-refractivity contribution in [1.82, 2.24) is 9.88 Å². The summed E-state index contributed by atoms with van der Waals surface area (Å²) in [7, 11) is 3.95. The van der Waals surface area contributed by atoms with Crippen LogP contribution in [0.25, 0.3) is 0 Å². The number of nitrogens with one attached hydrogen (secondary N) is 1. The Kier molecular flexibility index (Phi) is 5.01. The molecule has 0 saturated heterocycles. The van der Waals surface area contributed by atoms with Gasteiger partial charge in [-0.1, -0.05) is 0 Å². The van der Waals surface area contributed by atoms with E-state index in [0.717, 1.165) is 12.2 Å². The monoisotopic (exact) mass is 247 g/mol. The van der Waals surface area contributed by atoms with Crippen LogP contribution < -0.4 is 5.32 Å². The summed E-state index contributed by atoms with van der Waals surface area (Å²) in [4.78, 5) is 17.5. The molecule has 84 valence electrons. The molecule has 0 fully saturated rings. The Morgan fingerprint density at radius 1 is 1.67 bits per heavy atom. The van der Waals surface area contributed by atoms with Crippen LogP contribution >= 0.6 is 22.9 Å². The summed E-state index contributed by atoms with van der Waals surface area (Å²) in [6.07, 6.45) is 0.324. The van der Waals surface area contributed by atoms with Gasteiger partial charge >= 0.3 is 0 Å². The maximum absolute atomic E-state index is 11.2. The number of nitrogens with zero attached hydrogens (tertiary/aromatic N) is 2. The smallest absolute Gasteiger partial charge is 0.227 e. The standard InChI is InChI=1S/C9H14ClN3OS/c1-13(2)5-7-6-15-9(11-7)12-8(14)3-4-10/h6H,3-5H2,1-2H3,(H,11,12,14). The van der Waals surface area contributed by atoms with Crippen molar-refractivity contribution in [3.05, 3.63) is 11.1 Å². The number of rotatable bonds is 5. The van der Waals surface area contributed by atoms with Gasteiger partial charge in [-0.3, -0.25) is 4.79 Å². The molecule has 15 heavy (non-hydrogen) atoms. The zero-order valence-corrected chi connectivity index (χ0v) is 10.4. The Hall–Kier alpha value is -0.650. The third kappa shape index (κ3) is 4.59. The fraction of sp³-hybridized carbons (Fsp3) is 0.556. The van der Waals surface area contributed by atoms with Gasteiger partial charge in [0.15, 0.2) is 5.13 Å². The van der Waals surface area contributed by atoms with Crippen molar-refractivity contribution in [2.75, 3.05) is 25.3 Å². The fourth-order valence-corrected chi connectivity index (χ4v) is 1.92. The predicted octanol–water partition coefficient (Wildman–Crippen LogP) is 1.77. The Labute approximate surface area is 98.3 Å². The summed E-state index contributed by atoms with van der Waals surface area (Å²) in [6, 6.07) is 0. The number of aromatic nitrogens is 1. The quantitative estimate of drug-likeness (QED) is 0.807. The average Bonchev–Trinajstić information content (AvgIpc) is 2.51. The highest BCUT2D eigenvalue weighted by atomic mass is 35.5. The van der Waals surface area contributed by atoms with Gasteiger partial charge in [0.1, 0.15) is 0 Å². The maximum Gasteiger partial charge on any atom is 0.227 e. The van der Waals surface area contributed by atoms with Crippen molar-refractivity contribution < 1.29 is 4.79 Å². The largest absolute Gasteiger partial charge is 0.304 e. The van der Waals surface area contributed by atoms with Crippen LogP contribution in [-0.2, 0) is 11.3 Å². The highest BCUT2D eigenvalue weighted by Crippen LogP contribution is 2.16. The highest BCUT2D eigenvalue weighted by Gasteiger charge is 2.06. The minimum Gasteiger partial charge on any atom is -0.304 e. The van der Waals surface area contributed by atoms with E-state index in [1.165, 1.54) is 11.3 Å². The molecule has 1 heterocycles. The average molecular weight is 248 g/mol. The zero-order valence-electron chi connectivity index (χ0n) is 8.79. The third-order valence-corrected chi connectivity index (χ3v) is 2.59. The van der Waals surface area contributed by atoms with Crippen molar-refractivity contribution in [3.63, 3.8) is 0 Å². The van der Waals surface area contributed by atoms with Crippen LogP contribution in [0.5, 0.6) is 0 Å². The zero-order chi connectivity index (χ0) is 11.3. The van der Waals surface area contributed by atoms with E-state index in [4.69, 9.17) is 11.6 Å². The van der Waals surface area contributed by atoms with Gasteiger partial charge in [-0.2, -0.15) is 0 Å². The molecule has 1 rings (SSSR count). The van der Waals surface area contributed by atoms with Gasteiger partial charge in [0.25, 0.3) is 0 Å².